The van der Waals surface area contributed by atoms with Crippen LogP contribution in [0.15, 0.2) is 23.1 Å². The van der Waals surface area contributed by atoms with Crippen LogP contribution in [0.5, 0.6) is 0 Å². The van der Waals surface area contributed by atoms with Crippen molar-refractivity contribution < 1.29 is 9.53 Å². The topological polar surface area (TPSA) is 62.4 Å². The van der Waals surface area contributed by atoms with E-state index in [1.54, 1.807) is 18.0 Å². The van der Waals surface area contributed by atoms with Gasteiger partial charge in [0.2, 0.25) is 5.56 Å². The summed E-state index contributed by atoms with van der Waals surface area (Å²) in [7, 11) is 1.78. The number of pyridine rings is 1. The average molecular weight is 250 g/mol. The largest absolute Gasteiger partial charge is 0.381 e. The van der Waals surface area contributed by atoms with E-state index in [1.807, 2.05) is 0 Å². The maximum absolute atomic E-state index is 12.1. The molecule has 1 aliphatic rings. The number of carbonyl (C=O) groups excluding carboxylic acids is 1. The quantitative estimate of drug-likeness (QED) is 0.866. The second-order valence-corrected chi connectivity index (χ2v) is 4.71. The summed E-state index contributed by atoms with van der Waals surface area (Å²) in [6, 6.07) is 2.92. The molecule has 0 aliphatic carbocycles. The van der Waals surface area contributed by atoms with Crippen molar-refractivity contribution in [2.45, 2.75) is 12.8 Å². The molecule has 1 N–H and O–H groups in total. The second kappa shape index (κ2) is 5.82. The third-order valence-corrected chi connectivity index (χ3v) is 3.16. The smallest absolute Gasteiger partial charge is 0.255 e. The van der Waals surface area contributed by atoms with E-state index in [-0.39, 0.29) is 11.5 Å². The van der Waals surface area contributed by atoms with Gasteiger partial charge in [-0.3, -0.25) is 9.59 Å². The van der Waals surface area contributed by atoms with Gasteiger partial charge < -0.3 is 14.6 Å². The summed E-state index contributed by atoms with van der Waals surface area (Å²) in [5, 5.41) is 0. The zero-order valence-corrected chi connectivity index (χ0v) is 10.5. The van der Waals surface area contributed by atoms with Gasteiger partial charge in [-0.25, -0.2) is 0 Å². The third kappa shape index (κ3) is 3.20. The molecule has 1 fully saturated rings. The molecule has 5 heteroatoms. The van der Waals surface area contributed by atoms with E-state index in [2.05, 4.69) is 4.98 Å². The van der Waals surface area contributed by atoms with Gasteiger partial charge in [0.25, 0.3) is 5.91 Å². The molecule has 2 rings (SSSR count). The molecule has 1 saturated heterocycles. The molecule has 1 amide bonds. The molecule has 98 valence electrons. The molecule has 18 heavy (non-hydrogen) atoms. The van der Waals surface area contributed by atoms with Crippen LogP contribution in [0.25, 0.3) is 0 Å². The molecule has 0 aromatic carbocycles. The van der Waals surface area contributed by atoms with Gasteiger partial charge in [0.15, 0.2) is 0 Å². The molecule has 1 atom stereocenters. The van der Waals surface area contributed by atoms with Crippen molar-refractivity contribution in [2.24, 2.45) is 5.92 Å². The van der Waals surface area contributed by atoms with E-state index in [9.17, 15) is 9.59 Å². The number of aromatic amines is 1. The molecule has 1 unspecified atom stereocenters. The Hall–Kier alpha value is -1.62. The Kier molecular flexibility index (Phi) is 4.15. The van der Waals surface area contributed by atoms with E-state index >= 15 is 0 Å². The highest BCUT2D eigenvalue weighted by atomic mass is 16.5. The summed E-state index contributed by atoms with van der Waals surface area (Å²) in [5.74, 6) is 0.340. The summed E-state index contributed by atoms with van der Waals surface area (Å²) >= 11 is 0. The van der Waals surface area contributed by atoms with Crippen molar-refractivity contribution in [1.29, 1.82) is 0 Å². The summed E-state index contributed by atoms with van der Waals surface area (Å²) in [6.45, 7) is 2.25. The van der Waals surface area contributed by atoms with Crippen LogP contribution < -0.4 is 5.56 Å². The van der Waals surface area contributed by atoms with E-state index < -0.39 is 0 Å². The molecule has 0 saturated carbocycles. The molecule has 0 radical (unpaired) electrons. The Morgan fingerprint density at radius 2 is 2.39 bits per heavy atom. The molecule has 0 spiro atoms. The SMILES string of the molecule is CN(CC1CCCOC1)C(=O)c1ccc(=O)[nH]c1. The first-order valence-electron chi connectivity index (χ1n) is 6.19. The van der Waals surface area contributed by atoms with E-state index in [4.69, 9.17) is 4.74 Å². The minimum atomic E-state index is -0.199. The van der Waals surface area contributed by atoms with E-state index in [0.717, 1.165) is 26.1 Å². The highest BCUT2D eigenvalue weighted by molar-refractivity contribution is 5.93. The Balaban J connectivity index is 1.95. The second-order valence-electron chi connectivity index (χ2n) is 4.71. The number of hydrogen-bond acceptors (Lipinski definition) is 3. The number of carbonyl (C=O) groups is 1. The van der Waals surface area contributed by atoms with Gasteiger partial charge in [0, 0.05) is 32.5 Å². The summed E-state index contributed by atoms with van der Waals surface area (Å²) in [6.07, 6.45) is 3.62. The van der Waals surface area contributed by atoms with Crippen molar-refractivity contribution in [2.75, 3.05) is 26.8 Å². The maximum Gasteiger partial charge on any atom is 0.255 e. The van der Waals surface area contributed by atoms with Crippen molar-refractivity contribution in [3.63, 3.8) is 0 Å². The van der Waals surface area contributed by atoms with Crippen molar-refractivity contribution in [1.82, 2.24) is 9.88 Å². The highest BCUT2D eigenvalue weighted by Gasteiger charge is 2.19. The minimum Gasteiger partial charge on any atom is -0.381 e. The minimum absolute atomic E-state index is 0.0724. The number of hydrogen-bond donors (Lipinski definition) is 1. The number of amides is 1. The predicted octanol–water partition coefficient (Wildman–Crippen LogP) is 0.873. The van der Waals surface area contributed by atoms with Gasteiger partial charge in [-0.2, -0.15) is 0 Å². The Morgan fingerprint density at radius 1 is 1.56 bits per heavy atom. The summed E-state index contributed by atoms with van der Waals surface area (Å²) in [5.41, 5.74) is 0.309. The number of H-pyrrole nitrogens is 1. The number of aromatic nitrogens is 1. The lowest BCUT2D eigenvalue weighted by molar-refractivity contribution is 0.0388. The van der Waals surface area contributed by atoms with Crippen LogP contribution in [-0.4, -0.2) is 42.6 Å². The normalized spacial score (nSPS) is 19.5. The Morgan fingerprint density at radius 3 is 3.00 bits per heavy atom. The van der Waals surface area contributed by atoms with Crippen LogP contribution in [0.1, 0.15) is 23.2 Å². The fourth-order valence-electron chi connectivity index (χ4n) is 2.19. The predicted molar refractivity (Wildman–Crippen MR) is 67.6 cm³/mol. The zero-order valence-electron chi connectivity index (χ0n) is 10.5. The fraction of sp³-hybridized carbons (Fsp3) is 0.538. The lowest BCUT2D eigenvalue weighted by Gasteiger charge is -2.27. The molecule has 0 bridgehead atoms. The average Bonchev–Trinajstić information content (AvgIpc) is 2.40. The van der Waals surface area contributed by atoms with E-state index in [0.29, 0.717) is 18.0 Å². The van der Waals surface area contributed by atoms with Crippen molar-refractivity contribution in [3.05, 3.63) is 34.2 Å². The van der Waals surface area contributed by atoms with Gasteiger partial charge in [-0.05, 0) is 24.8 Å². The lowest BCUT2D eigenvalue weighted by Crippen LogP contribution is -2.35. The summed E-state index contributed by atoms with van der Waals surface area (Å²) < 4.78 is 5.40. The van der Waals surface area contributed by atoms with E-state index in [1.165, 1.54) is 12.3 Å². The fourth-order valence-corrected chi connectivity index (χ4v) is 2.19. The molecule has 5 nitrogen and oxygen atoms in total. The molecule has 2 heterocycles. The van der Waals surface area contributed by atoms with Crippen LogP contribution >= 0.6 is 0 Å². The molecule has 1 aliphatic heterocycles. The molecular formula is C13H18N2O3. The van der Waals surface area contributed by atoms with Gasteiger partial charge in [-0.1, -0.05) is 0 Å². The van der Waals surface area contributed by atoms with Gasteiger partial charge in [-0.15, -0.1) is 0 Å². The Labute approximate surface area is 106 Å². The summed E-state index contributed by atoms with van der Waals surface area (Å²) in [4.78, 5) is 27.2. The van der Waals surface area contributed by atoms with Crippen molar-refractivity contribution >= 4 is 5.91 Å². The number of nitrogens with zero attached hydrogens (tertiary/aromatic N) is 1. The number of rotatable bonds is 3. The van der Waals surface area contributed by atoms with Crippen LogP contribution in [0, 0.1) is 5.92 Å². The number of nitrogens with one attached hydrogen (secondary N) is 1. The maximum atomic E-state index is 12.1. The molecular weight excluding hydrogens is 232 g/mol. The third-order valence-electron chi connectivity index (χ3n) is 3.16. The van der Waals surface area contributed by atoms with Gasteiger partial charge >= 0.3 is 0 Å². The highest BCUT2D eigenvalue weighted by Crippen LogP contribution is 2.15. The van der Waals surface area contributed by atoms with Gasteiger partial charge in [0.05, 0.1) is 12.2 Å². The standard InChI is InChI=1S/C13H18N2O3/c1-15(8-10-3-2-6-18-9-10)13(17)11-4-5-12(16)14-7-11/h4-5,7,10H,2-3,6,8-9H2,1H3,(H,14,16). The lowest BCUT2D eigenvalue weighted by atomic mass is 10.0. The molecule has 1 aromatic heterocycles. The number of ether oxygens (including phenoxy) is 1. The monoisotopic (exact) mass is 250 g/mol. The van der Waals surface area contributed by atoms with Crippen molar-refractivity contribution in [3.8, 4) is 0 Å². The molecule has 1 aromatic rings. The first kappa shape index (κ1) is 12.8. The zero-order chi connectivity index (χ0) is 13.0. The van der Waals surface area contributed by atoms with Crippen LogP contribution in [0.4, 0.5) is 0 Å². The van der Waals surface area contributed by atoms with Crippen LogP contribution in [0.3, 0.4) is 0 Å². The van der Waals surface area contributed by atoms with Gasteiger partial charge in [0.1, 0.15) is 0 Å². The first-order valence-corrected chi connectivity index (χ1v) is 6.19. The van der Waals surface area contributed by atoms with Crippen LogP contribution in [0.2, 0.25) is 0 Å². The van der Waals surface area contributed by atoms with Crippen LogP contribution in [-0.2, 0) is 4.74 Å². The first-order chi connectivity index (χ1) is 8.66. The Bertz CT molecular complexity index is 443.